The summed E-state index contributed by atoms with van der Waals surface area (Å²) in [6.45, 7) is 0.724. The first-order chi connectivity index (χ1) is 25.0. The highest BCUT2D eigenvalue weighted by atomic mass is 16.7. The van der Waals surface area contributed by atoms with Crippen LogP contribution in [0.4, 0.5) is 0 Å². The quantitative estimate of drug-likeness (QED) is 0.0802. The molecular formula is C34H34O19. The van der Waals surface area contributed by atoms with Crippen LogP contribution < -0.4 is 10.2 Å². The number of carbonyl (C=O) groups excluding carboxylic acids is 1. The van der Waals surface area contributed by atoms with E-state index in [1.165, 1.54) is 19.1 Å². The number of ether oxygens (including phenoxy) is 5. The summed E-state index contributed by atoms with van der Waals surface area (Å²) in [4.78, 5) is 25.4. The molecule has 0 amide bonds. The molecule has 3 aliphatic heterocycles. The Morgan fingerprint density at radius 3 is 2.09 bits per heavy atom. The molecule has 6 rings (SSSR count). The Kier molecular flexibility index (Phi) is 10.3. The molecule has 0 spiro atoms. The van der Waals surface area contributed by atoms with Crippen molar-refractivity contribution in [3.8, 4) is 62.9 Å². The van der Waals surface area contributed by atoms with Gasteiger partial charge in [0.05, 0.1) is 23.8 Å². The minimum Gasteiger partial charge on any atom is -0.507 e. The van der Waals surface area contributed by atoms with Crippen LogP contribution in [0.25, 0.3) is 22.6 Å². The fraction of sp³-hybridized carbons (Fsp3) is 0.353. The van der Waals surface area contributed by atoms with Crippen molar-refractivity contribution in [2.45, 2.75) is 68.3 Å². The van der Waals surface area contributed by atoms with Gasteiger partial charge in [-0.15, -0.1) is 0 Å². The van der Waals surface area contributed by atoms with E-state index in [1.807, 2.05) is 0 Å². The number of phenolic OH excluding ortho intramolecular Hbond substituents is 6. The lowest BCUT2D eigenvalue weighted by molar-refractivity contribution is -0.318. The highest BCUT2D eigenvalue weighted by Crippen LogP contribution is 2.43. The SMILES string of the molecule is C[C@@H]1O[C@@H](OC[C@H]2O[C@@H](Oc3cc4c(O)cc(=O)cc-4oc3-c3ccc(O)c(O)c3)[C@@H](OC(=O)c3cc(O)c(O)c(O)c3)[C@H](O)[C@@H]2O)[C@H](O)[C@@H](O)[C@H]1O. The van der Waals surface area contributed by atoms with Crippen molar-refractivity contribution in [1.29, 1.82) is 0 Å². The van der Waals surface area contributed by atoms with Crippen LogP contribution in [-0.4, -0.2) is 130 Å². The summed E-state index contributed by atoms with van der Waals surface area (Å²) >= 11 is 0. The Balaban J connectivity index is 1.38. The van der Waals surface area contributed by atoms with E-state index in [-0.39, 0.29) is 28.4 Å². The maximum Gasteiger partial charge on any atom is 0.339 e. The van der Waals surface area contributed by atoms with Gasteiger partial charge in [-0.05, 0) is 43.3 Å². The van der Waals surface area contributed by atoms with Gasteiger partial charge in [0.1, 0.15) is 48.1 Å². The van der Waals surface area contributed by atoms with Gasteiger partial charge in [-0.3, -0.25) is 4.79 Å². The smallest absolute Gasteiger partial charge is 0.339 e. The minimum atomic E-state index is -2.07. The van der Waals surface area contributed by atoms with Crippen LogP contribution in [0.3, 0.4) is 0 Å². The predicted molar refractivity (Wildman–Crippen MR) is 172 cm³/mol. The number of hydrogen-bond acceptors (Lipinski definition) is 19. The summed E-state index contributed by atoms with van der Waals surface area (Å²) in [5.74, 6) is -6.47. The van der Waals surface area contributed by atoms with Crippen molar-refractivity contribution in [2.75, 3.05) is 6.61 Å². The lowest BCUT2D eigenvalue weighted by Crippen LogP contribution is -2.62. The molecule has 0 bridgehead atoms. The summed E-state index contributed by atoms with van der Waals surface area (Å²) in [7, 11) is 0. The number of aliphatic hydroxyl groups is 5. The van der Waals surface area contributed by atoms with Gasteiger partial charge in [0, 0.05) is 17.7 Å². The largest absolute Gasteiger partial charge is 0.507 e. The number of benzene rings is 3. The van der Waals surface area contributed by atoms with Crippen LogP contribution in [0.1, 0.15) is 17.3 Å². The molecule has 19 heteroatoms. The van der Waals surface area contributed by atoms with Gasteiger partial charge in [0.15, 0.2) is 58.1 Å². The number of rotatable bonds is 8. The molecule has 0 saturated carbocycles. The maximum absolute atomic E-state index is 13.3. The zero-order valence-electron chi connectivity index (χ0n) is 27.3. The second kappa shape index (κ2) is 14.6. The van der Waals surface area contributed by atoms with Crippen molar-refractivity contribution in [3.05, 3.63) is 64.3 Å². The van der Waals surface area contributed by atoms with E-state index in [4.69, 9.17) is 28.1 Å². The third-order valence-corrected chi connectivity index (χ3v) is 8.71. The van der Waals surface area contributed by atoms with Crippen molar-refractivity contribution in [1.82, 2.24) is 0 Å². The standard InChI is InChI=1S/C34H34O19/c1-11-24(41)27(44)29(46)33(49-11)48-10-23-26(43)28(45)31(53-32(47)13-5-19(39)25(42)20(40)6-13)34(52-23)51-22-9-15-17(37)7-14(35)8-21(15)50-30(22)12-2-3-16(36)18(38)4-12/h2-9,11,23-24,26-29,31,33-34,36-46H,10H2,1H3/t11-,23+,24-,26+,27-,28+,29+,31-,33+,34+/m0/s1. The summed E-state index contributed by atoms with van der Waals surface area (Å²) in [6, 6.07) is 8.02. The van der Waals surface area contributed by atoms with Crippen LogP contribution in [0.5, 0.6) is 40.2 Å². The fourth-order valence-corrected chi connectivity index (χ4v) is 5.77. The number of carbonyl (C=O) groups is 1. The van der Waals surface area contributed by atoms with E-state index in [2.05, 4.69) is 0 Å². The highest BCUT2D eigenvalue weighted by molar-refractivity contribution is 5.91. The first kappa shape index (κ1) is 37.4. The second-order valence-electron chi connectivity index (χ2n) is 12.4. The fourth-order valence-electron chi connectivity index (χ4n) is 5.77. The van der Waals surface area contributed by atoms with E-state index in [0.717, 1.165) is 36.4 Å². The number of esters is 1. The molecule has 2 fully saturated rings. The van der Waals surface area contributed by atoms with Crippen molar-refractivity contribution < 1.29 is 89.1 Å². The normalized spacial score (nSPS) is 28.8. The number of hydrogen-bond donors (Lipinski definition) is 11. The number of aliphatic hydroxyl groups excluding tert-OH is 5. The Hall–Kier alpha value is -5.38. The van der Waals surface area contributed by atoms with Gasteiger partial charge in [-0.2, -0.15) is 0 Å². The average Bonchev–Trinajstić information content (AvgIpc) is 3.11. The maximum atomic E-state index is 13.3. The topological polar surface area (TPSA) is 316 Å². The van der Waals surface area contributed by atoms with E-state index < -0.39 is 119 Å². The predicted octanol–water partition coefficient (Wildman–Crippen LogP) is -0.460. The van der Waals surface area contributed by atoms with E-state index in [9.17, 15) is 65.8 Å². The van der Waals surface area contributed by atoms with Crippen LogP contribution in [0, 0.1) is 0 Å². The molecule has 0 unspecified atom stereocenters. The van der Waals surface area contributed by atoms with Crippen LogP contribution in [0.15, 0.2) is 57.7 Å². The molecule has 0 aromatic heterocycles. The molecule has 3 heterocycles. The highest BCUT2D eigenvalue weighted by Gasteiger charge is 2.50. The van der Waals surface area contributed by atoms with Gasteiger partial charge in [-0.25, -0.2) is 4.79 Å². The van der Waals surface area contributed by atoms with Gasteiger partial charge >= 0.3 is 5.97 Å². The molecule has 1 aliphatic carbocycles. The number of fused-ring (bicyclic) bond motifs is 1. The molecule has 2 aromatic carbocycles. The Labute approximate surface area is 297 Å². The van der Waals surface area contributed by atoms with Crippen molar-refractivity contribution in [3.63, 3.8) is 0 Å². The third kappa shape index (κ3) is 7.32. The zero-order chi connectivity index (χ0) is 38.5. The molecular weight excluding hydrogens is 712 g/mol. The van der Waals surface area contributed by atoms with Gasteiger partial charge in [0.2, 0.25) is 6.29 Å². The Bertz CT molecular complexity index is 1990. The molecule has 53 heavy (non-hydrogen) atoms. The first-order valence-electron chi connectivity index (χ1n) is 15.8. The second-order valence-corrected chi connectivity index (χ2v) is 12.4. The summed E-state index contributed by atoms with van der Waals surface area (Å²) < 4.78 is 34.3. The molecule has 4 aliphatic rings. The average molecular weight is 747 g/mol. The van der Waals surface area contributed by atoms with Crippen LogP contribution in [0.2, 0.25) is 0 Å². The van der Waals surface area contributed by atoms with Crippen molar-refractivity contribution in [2.24, 2.45) is 0 Å². The molecule has 0 radical (unpaired) electrons. The van der Waals surface area contributed by atoms with Gasteiger partial charge in [0.25, 0.3) is 0 Å². The molecule has 284 valence electrons. The van der Waals surface area contributed by atoms with Crippen LogP contribution in [-0.2, 0) is 18.9 Å². The molecule has 2 aromatic rings. The zero-order valence-corrected chi connectivity index (χ0v) is 27.3. The van der Waals surface area contributed by atoms with E-state index in [1.54, 1.807) is 0 Å². The van der Waals surface area contributed by atoms with Crippen LogP contribution >= 0.6 is 0 Å². The number of aromatic hydroxyl groups is 6. The minimum absolute atomic E-state index is 0.0335. The third-order valence-electron chi connectivity index (χ3n) is 8.71. The summed E-state index contributed by atoms with van der Waals surface area (Å²) in [6.07, 6.45) is -16.9. The van der Waals surface area contributed by atoms with E-state index >= 15 is 0 Å². The van der Waals surface area contributed by atoms with E-state index in [0.29, 0.717) is 0 Å². The first-order valence-corrected chi connectivity index (χ1v) is 15.8. The van der Waals surface area contributed by atoms with Gasteiger partial charge in [-0.1, -0.05) is 0 Å². The Morgan fingerprint density at radius 2 is 1.42 bits per heavy atom. The van der Waals surface area contributed by atoms with Crippen molar-refractivity contribution >= 4 is 5.97 Å². The molecule has 2 saturated heterocycles. The van der Waals surface area contributed by atoms with Gasteiger partial charge < -0.3 is 84.3 Å². The Morgan fingerprint density at radius 1 is 0.717 bits per heavy atom. The summed E-state index contributed by atoms with van der Waals surface area (Å²) in [5.41, 5.74) is -1.21. The number of phenols is 6. The summed E-state index contributed by atoms with van der Waals surface area (Å²) in [5, 5.41) is 113. The lowest BCUT2D eigenvalue weighted by atomic mass is 9.98. The monoisotopic (exact) mass is 746 g/mol. The molecule has 11 N–H and O–H groups in total. The molecule has 10 atom stereocenters. The lowest BCUT2D eigenvalue weighted by Gasteiger charge is -2.43. The molecule has 19 nitrogen and oxygen atoms in total.